The number of hydrogen-bond acceptors (Lipinski definition) is 3. The van der Waals surface area contributed by atoms with Crippen LogP contribution < -0.4 is 9.88 Å². The van der Waals surface area contributed by atoms with Crippen molar-refractivity contribution < 1.29 is 13.2 Å². The molecular formula is C15H23NO3S. The Labute approximate surface area is 121 Å². The highest BCUT2D eigenvalue weighted by atomic mass is 32.2. The average Bonchev–Trinajstić information content (AvgIpc) is 2.24. The molecule has 0 amide bonds. The second-order valence-corrected chi connectivity index (χ2v) is 8.12. The Hall–Kier alpha value is -1.07. The van der Waals surface area contributed by atoms with Gasteiger partial charge in [0.05, 0.1) is 11.5 Å². The Morgan fingerprint density at radius 3 is 2.40 bits per heavy atom. The average molecular weight is 297 g/mol. The van der Waals surface area contributed by atoms with Gasteiger partial charge in [0.1, 0.15) is 5.75 Å². The van der Waals surface area contributed by atoms with Crippen LogP contribution in [0.3, 0.4) is 0 Å². The Kier molecular flexibility index (Phi) is 4.12. The van der Waals surface area contributed by atoms with Crippen molar-refractivity contribution in [1.82, 2.24) is 0 Å². The quantitative estimate of drug-likeness (QED) is 0.929. The molecule has 0 heterocycles. The maximum absolute atomic E-state index is 11.5. The zero-order chi connectivity index (χ0) is 15.0. The van der Waals surface area contributed by atoms with Gasteiger partial charge in [-0.3, -0.25) is 0 Å². The van der Waals surface area contributed by atoms with Crippen molar-refractivity contribution in [2.45, 2.75) is 50.3 Å². The molecule has 1 saturated carbocycles. The molecule has 1 aromatic rings. The van der Waals surface area contributed by atoms with Crippen LogP contribution in [-0.2, 0) is 15.4 Å². The lowest BCUT2D eigenvalue weighted by molar-refractivity contribution is 0.178. The van der Waals surface area contributed by atoms with E-state index in [1.807, 2.05) is 20.8 Å². The summed E-state index contributed by atoms with van der Waals surface area (Å²) in [5.41, 5.74) is 0.679. The molecule has 0 saturated heterocycles. The van der Waals surface area contributed by atoms with Gasteiger partial charge in [-0.25, -0.2) is 13.6 Å². The van der Waals surface area contributed by atoms with E-state index in [0.717, 1.165) is 11.3 Å². The fourth-order valence-electron chi connectivity index (χ4n) is 2.27. The van der Waals surface area contributed by atoms with Crippen molar-refractivity contribution in [1.29, 1.82) is 0 Å². The minimum atomic E-state index is -3.68. The van der Waals surface area contributed by atoms with Gasteiger partial charge < -0.3 is 4.74 Å². The number of sulfonamides is 1. The molecule has 0 spiro atoms. The highest BCUT2D eigenvalue weighted by molar-refractivity contribution is 7.89. The van der Waals surface area contributed by atoms with E-state index in [2.05, 4.69) is 0 Å². The summed E-state index contributed by atoms with van der Waals surface area (Å²) >= 11 is 0. The number of hydrogen-bond donors (Lipinski definition) is 1. The first-order valence-corrected chi connectivity index (χ1v) is 8.53. The van der Waals surface area contributed by atoms with E-state index in [4.69, 9.17) is 9.88 Å². The van der Waals surface area contributed by atoms with Gasteiger partial charge in [0, 0.05) is 5.56 Å². The fraction of sp³-hybridized carbons (Fsp3) is 0.600. The lowest BCUT2D eigenvalue weighted by atomic mass is 9.85. The fourth-order valence-corrected chi connectivity index (χ4v) is 2.80. The molecule has 1 fully saturated rings. The summed E-state index contributed by atoms with van der Waals surface area (Å²) in [5.74, 6) is 1.40. The molecule has 4 nitrogen and oxygen atoms in total. The monoisotopic (exact) mass is 297 g/mol. The first-order valence-electron chi connectivity index (χ1n) is 6.98. The van der Waals surface area contributed by atoms with Gasteiger partial charge in [-0.1, -0.05) is 27.2 Å². The number of nitrogens with two attached hydrogens (primary N) is 1. The van der Waals surface area contributed by atoms with Crippen LogP contribution in [0.4, 0.5) is 0 Å². The minimum absolute atomic E-state index is 0.137. The Balaban J connectivity index is 2.30. The van der Waals surface area contributed by atoms with Crippen LogP contribution in [0, 0.1) is 5.92 Å². The molecule has 2 N–H and O–H groups in total. The van der Waals surface area contributed by atoms with Gasteiger partial charge in [0.15, 0.2) is 0 Å². The molecule has 0 aliphatic heterocycles. The standard InChI is InChI=1S/C15H23NO3S/c1-15(2,3)13-9-12(20(16,17)18)7-8-14(13)19-10-11-5-4-6-11/h7-9,11H,4-6,10H2,1-3H3,(H2,16,17,18). The summed E-state index contributed by atoms with van der Waals surface area (Å²) in [6, 6.07) is 4.87. The van der Waals surface area contributed by atoms with Crippen LogP contribution in [0.5, 0.6) is 5.75 Å². The third-order valence-electron chi connectivity index (χ3n) is 3.79. The third-order valence-corrected chi connectivity index (χ3v) is 4.70. The van der Waals surface area contributed by atoms with Crippen molar-refractivity contribution in [3.8, 4) is 5.75 Å². The molecular weight excluding hydrogens is 274 g/mol. The summed E-state index contributed by atoms with van der Waals surface area (Å²) in [7, 11) is -3.68. The van der Waals surface area contributed by atoms with Gasteiger partial charge in [-0.05, 0) is 42.4 Å². The predicted molar refractivity (Wildman–Crippen MR) is 79.4 cm³/mol. The van der Waals surface area contributed by atoms with Crippen LogP contribution in [0.2, 0.25) is 0 Å². The third kappa shape index (κ3) is 3.52. The lowest BCUT2D eigenvalue weighted by Crippen LogP contribution is -2.22. The topological polar surface area (TPSA) is 69.4 Å². The molecule has 1 aliphatic carbocycles. The largest absolute Gasteiger partial charge is 0.493 e. The zero-order valence-corrected chi connectivity index (χ0v) is 13.2. The first kappa shape index (κ1) is 15.3. The van der Waals surface area contributed by atoms with Crippen molar-refractivity contribution in [2.75, 3.05) is 6.61 Å². The van der Waals surface area contributed by atoms with Crippen LogP contribution in [-0.4, -0.2) is 15.0 Å². The molecule has 20 heavy (non-hydrogen) atoms. The van der Waals surface area contributed by atoms with E-state index in [0.29, 0.717) is 12.5 Å². The first-order chi connectivity index (χ1) is 9.18. The van der Waals surface area contributed by atoms with Crippen LogP contribution >= 0.6 is 0 Å². The molecule has 0 unspecified atom stereocenters. The van der Waals surface area contributed by atoms with E-state index >= 15 is 0 Å². The molecule has 1 aliphatic rings. The van der Waals surface area contributed by atoms with Gasteiger partial charge >= 0.3 is 0 Å². The maximum atomic E-state index is 11.5. The molecule has 5 heteroatoms. The number of ether oxygens (including phenoxy) is 1. The predicted octanol–water partition coefficient (Wildman–Crippen LogP) is 2.81. The van der Waals surface area contributed by atoms with Crippen molar-refractivity contribution in [2.24, 2.45) is 11.1 Å². The maximum Gasteiger partial charge on any atom is 0.238 e. The van der Waals surface area contributed by atoms with Gasteiger partial charge in [0.25, 0.3) is 0 Å². The van der Waals surface area contributed by atoms with E-state index in [-0.39, 0.29) is 10.3 Å². The Morgan fingerprint density at radius 1 is 1.30 bits per heavy atom. The minimum Gasteiger partial charge on any atom is -0.493 e. The summed E-state index contributed by atoms with van der Waals surface area (Å²) in [4.78, 5) is 0.137. The SMILES string of the molecule is CC(C)(C)c1cc(S(N)(=O)=O)ccc1OCC1CCC1. The van der Waals surface area contributed by atoms with Crippen LogP contribution in [0.1, 0.15) is 45.6 Å². The second kappa shape index (κ2) is 5.37. The molecule has 0 bridgehead atoms. The van der Waals surface area contributed by atoms with Gasteiger partial charge in [0.2, 0.25) is 10.0 Å². The smallest absolute Gasteiger partial charge is 0.238 e. The molecule has 0 atom stereocenters. The van der Waals surface area contributed by atoms with Crippen molar-refractivity contribution >= 4 is 10.0 Å². The van der Waals surface area contributed by atoms with Gasteiger partial charge in [-0.2, -0.15) is 0 Å². The van der Waals surface area contributed by atoms with E-state index in [1.165, 1.54) is 25.3 Å². The molecule has 1 aromatic carbocycles. The normalized spacial score (nSPS) is 16.8. The van der Waals surface area contributed by atoms with Crippen molar-refractivity contribution in [3.05, 3.63) is 23.8 Å². The summed E-state index contributed by atoms with van der Waals surface area (Å²) in [5, 5.41) is 5.20. The molecule has 2 rings (SSSR count). The Bertz CT molecular complexity index is 584. The highest BCUT2D eigenvalue weighted by Crippen LogP contribution is 2.34. The lowest BCUT2D eigenvalue weighted by Gasteiger charge is -2.28. The molecule has 112 valence electrons. The van der Waals surface area contributed by atoms with E-state index < -0.39 is 10.0 Å². The number of primary sulfonamides is 1. The van der Waals surface area contributed by atoms with E-state index in [1.54, 1.807) is 12.1 Å². The number of rotatable bonds is 4. The highest BCUT2D eigenvalue weighted by Gasteiger charge is 2.24. The van der Waals surface area contributed by atoms with Crippen LogP contribution in [0.25, 0.3) is 0 Å². The Morgan fingerprint density at radius 2 is 1.95 bits per heavy atom. The summed E-state index contributed by atoms with van der Waals surface area (Å²) in [6.45, 7) is 6.81. The zero-order valence-electron chi connectivity index (χ0n) is 12.3. The molecule has 0 aromatic heterocycles. The summed E-state index contributed by atoms with van der Waals surface area (Å²) in [6.07, 6.45) is 3.73. The van der Waals surface area contributed by atoms with E-state index in [9.17, 15) is 8.42 Å². The van der Waals surface area contributed by atoms with Crippen LogP contribution in [0.15, 0.2) is 23.1 Å². The van der Waals surface area contributed by atoms with Gasteiger partial charge in [-0.15, -0.1) is 0 Å². The summed E-state index contributed by atoms with van der Waals surface area (Å²) < 4.78 is 28.9. The van der Waals surface area contributed by atoms with Crippen molar-refractivity contribution in [3.63, 3.8) is 0 Å². The second-order valence-electron chi connectivity index (χ2n) is 6.56. The molecule has 0 radical (unpaired) electrons. The number of benzene rings is 1.